The van der Waals surface area contributed by atoms with Gasteiger partial charge in [-0.05, 0) is 59.1 Å². The van der Waals surface area contributed by atoms with E-state index in [1.54, 1.807) is 6.92 Å². The van der Waals surface area contributed by atoms with Gasteiger partial charge in [-0.25, -0.2) is 4.39 Å². The van der Waals surface area contributed by atoms with Crippen LogP contribution in [0.2, 0.25) is 0 Å². The first-order valence-corrected chi connectivity index (χ1v) is 9.35. The Morgan fingerprint density at radius 2 is 1.96 bits per heavy atom. The van der Waals surface area contributed by atoms with Crippen LogP contribution in [0.3, 0.4) is 0 Å². The van der Waals surface area contributed by atoms with Gasteiger partial charge in [-0.1, -0.05) is 25.1 Å². The number of benzene rings is 2. The maximum Gasteiger partial charge on any atom is 0.263 e. The number of ether oxygens (including phenoxy) is 1. The van der Waals surface area contributed by atoms with Gasteiger partial charge in [-0.3, -0.25) is 9.59 Å². The molecular formula is C20H22BrFN2O3. The average Bonchev–Trinajstić information content (AvgIpc) is 2.63. The molecule has 0 radical (unpaired) electrons. The Balaban J connectivity index is 1.94. The number of aryl methyl sites for hydroxylation is 1. The first kappa shape index (κ1) is 20.9. The van der Waals surface area contributed by atoms with Crippen molar-refractivity contribution in [3.63, 3.8) is 0 Å². The molecule has 1 unspecified atom stereocenters. The number of para-hydroxylation sites is 1. The highest BCUT2D eigenvalue weighted by molar-refractivity contribution is 9.10. The largest absolute Gasteiger partial charge is 0.480 e. The van der Waals surface area contributed by atoms with E-state index in [0.717, 1.165) is 17.7 Å². The molecule has 0 bridgehead atoms. The fourth-order valence-electron chi connectivity index (χ4n) is 2.56. The lowest BCUT2D eigenvalue weighted by Crippen LogP contribution is -2.42. The Labute approximate surface area is 166 Å². The number of rotatable bonds is 7. The lowest BCUT2D eigenvalue weighted by molar-refractivity contribution is -0.139. The maximum absolute atomic E-state index is 13.1. The summed E-state index contributed by atoms with van der Waals surface area (Å²) in [6, 6.07) is 11.5. The molecule has 2 aromatic rings. The Morgan fingerprint density at radius 3 is 2.63 bits per heavy atom. The van der Waals surface area contributed by atoms with Crippen LogP contribution in [-0.4, -0.2) is 36.4 Å². The van der Waals surface area contributed by atoms with Crippen molar-refractivity contribution in [3.8, 4) is 5.75 Å². The van der Waals surface area contributed by atoms with E-state index in [9.17, 15) is 14.0 Å². The minimum absolute atomic E-state index is 0.102. The smallest absolute Gasteiger partial charge is 0.263 e. The summed E-state index contributed by atoms with van der Waals surface area (Å²) in [5.74, 6) is -0.701. The highest BCUT2D eigenvalue weighted by atomic mass is 79.9. The Bertz CT molecular complexity index is 829. The molecule has 0 aliphatic heterocycles. The zero-order valence-corrected chi connectivity index (χ0v) is 17.0. The summed E-state index contributed by atoms with van der Waals surface area (Å²) in [6.45, 7) is 3.49. The van der Waals surface area contributed by atoms with Gasteiger partial charge in [0.25, 0.3) is 5.91 Å². The molecule has 144 valence electrons. The van der Waals surface area contributed by atoms with Crippen LogP contribution in [0.1, 0.15) is 19.4 Å². The molecule has 0 saturated heterocycles. The summed E-state index contributed by atoms with van der Waals surface area (Å²) in [4.78, 5) is 26.0. The normalized spacial score (nSPS) is 11.6. The first-order valence-electron chi connectivity index (χ1n) is 8.56. The van der Waals surface area contributed by atoms with Crippen LogP contribution < -0.4 is 10.1 Å². The number of carbonyl (C=O) groups is 2. The van der Waals surface area contributed by atoms with E-state index in [1.807, 2.05) is 31.2 Å². The van der Waals surface area contributed by atoms with Crippen molar-refractivity contribution in [2.45, 2.75) is 26.4 Å². The van der Waals surface area contributed by atoms with Gasteiger partial charge in [0.2, 0.25) is 5.91 Å². The number of halogens is 2. The summed E-state index contributed by atoms with van der Waals surface area (Å²) in [6.07, 6.45) is -0.0321. The molecule has 2 aromatic carbocycles. The number of nitrogens with zero attached hydrogens (tertiary/aromatic N) is 1. The molecule has 1 N–H and O–H groups in total. The Morgan fingerprint density at radius 1 is 1.26 bits per heavy atom. The van der Waals surface area contributed by atoms with Crippen LogP contribution in [0, 0.1) is 5.82 Å². The van der Waals surface area contributed by atoms with Crippen LogP contribution in [0.25, 0.3) is 0 Å². The molecule has 0 aromatic heterocycles. The number of nitrogens with one attached hydrogen (secondary N) is 1. The van der Waals surface area contributed by atoms with Crippen LogP contribution >= 0.6 is 15.9 Å². The molecule has 0 spiro atoms. The predicted molar refractivity (Wildman–Crippen MR) is 106 cm³/mol. The summed E-state index contributed by atoms with van der Waals surface area (Å²) >= 11 is 3.20. The predicted octanol–water partition coefficient (Wildman–Crippen LogP) is 4.02. The van der Waals surface area contributed by atoms with E-state index in [1.165, 1.54) is 30.1 Å². The summed E-state index contributed by atoms with van der Waals surface area (Å²) in [5, 5.41) is 2.83. The van der Waals surface area contributed by atoms with Gasteiger partial charge in [0.1, 0.15) is 11.6 Å². The molecule has 27 heavy (non-hydrogen) atoms. The number of likely N-dealkylation sites (N-methyl/N-ethyl adjacent to an activating group) is 1. The molecule has 0 heterocycles. The summed E-state index contributed by atoms with van der Waals surface area (Å²) in [5.41, 5.74) is 1.77. The van der Waals surface area contributed by atoms with Crippen LogP contribution in [0.4, 0.5) is 10.1 Å². The van der Waals surface area contributed by atoms with Gasteiger partial charge in [0, 0.05) is 12.7 Å². The molecule has 7 heteroatoms. The average molecular weight is 437 g/mol. The molecular weight excluding hydrogens is 415 g/mol. The monoisotopic (exact) mass is 436 g/mol. The van der Waals surface area contributed by atoms with Gasteiger partial charge < -0.3 is 15.0 Å². The van der Waals surface area contributed by atoms with Gasteiger partial charge >= 0.3 is 0 Å². The Hall–Kier alpha value is -2.41. The van der Waals surface area contributed by atoms with Gasteiger partial charge in [-0.2, -0.15) is 0 Å². The van der Waals surface area contributed by atoms with Crippen LogP contribution in [-0.2, 0) is 16.0 Å². The SMILES string of the molecule is CCc1ccccc1NC(=O)CN(C)C(=O)C(C)Oc1ccc(F)cc1Br. The van der Waals surface area contributed by atoms with Gasteiger partial charge in [0.15, 0.2) is 6.10 Å². The second-order valence-electron chi connectivity index (χ2n) is 6.09. The minimum atomic E-state index is -0.826. The molecule has 0 aliphatic rings. The van der Waals surface area contributed by atoms with Crippen molar-refractivity contribution >= 4 is 33.4 Å². The molecule has 1 atom stereocenters. The third kappa shape index (κ3) is 5.79. The second kappa shape index (κ2) is 9.50. The third-order valence-electron chi connectivity index (χ3n) is 3.97. The van der Waals surface area contributed by atoms with Crippen molar-refractivity contribution in [3.05, 3.63) is 58.3 Å². The van der Waals surface area contributed by atoms with Crippen molar-refractivity contribution in [1.82, 2.24) is 4.90 Å². The number of amides is 2. The van der Waals surface area contributed by atoms with E-state index in [2.05, 4.69) is 21.2 Å². The number of carbonyl (C=O) groups excluding carboxylic acids is 2. The number of hydrogen-bond acceptors (Lipinski definition) is 3. The molecule has 5 nitrogen and oxygen atoms in total. The molecule has 2 amide bonds. The lowest BCUT2D eigenvalue weighted by Gasteiger charge is -2.22. The van der Waals surface area contributed by atoms with E-state index >= 15 is 0 Å². The van der Waals surface area contributed by atoms with E-state index in [4.69, 9.17) is 4.74 Å². The zero-order chi connectivity index (χ0) is 20.0. The summed E-state index contributed by atoms with van der Waals surface area (Å²) in [7, 11) is 1.53. The van der Waals surface area contributed by atoms with Crippen molar-refractivity contribution < 1.29 is 18.7 Å². The molecule has 0 fully saturated rings. The van der Waals surface area contributed by atoms with Gasteiger partial charge in [0.05, 0.1) is 11.0 Å². The molecule has 0 saturated carbocycles. The van der Waals surface area contributed by atoms with Crippen LogP contribution in [0.5, 0.6) is 5.75 Å². The zero-order valence-electron chi connectivity index (χ0n) is 15.5. The second-order valence-corrected chi connectivity index (χ2v) is 6.94. The topological polar surface area (TPSA) is 58.6 Å². The quantitative estimate of drug-likeness (QED) is 0.712. The maximum atomic E-state index is 13.1. The van der Waals surface area contributed by atoms with E-state index < -0.39 is 11.9 Å². The van der Waals surface area contributed by atoms with Gasteiger partial charge in [-0.15, -0.1) is 0 Å². The number of anilines is 1. The van der Waals surface area contributed by atoms with Crippen LogP contribution in [0.15, 0.2) is 46.9 Å². The van der Waals surface area contributed by atoms with E-state index in [-0.39, 0.29) is 18.4 Å². The summed E-state index contributed by atoms with van der Waals surface area (Å²) < 4.78 is 19.1. The standard InChI is InChI=1S/C20H22BrFN2O3/c1-4-14-7-5-6-8-17(14)23-19(25)12-24(3)20(26)13(2)27-18-10-9-15(22)11-16(18)21/h5-11,13H,4,12H2,1-3H3,(H,23,25). The first-order chi connectivity index (χ1) is 12.8. The minimum Gasteiger partial charge on any atom is -0.480 e. The number of hydrogen-bond donors (Lipinski definition) is 1. The Kier molecular flexibility index (Phi) is 7.36. The lowest BCUT2D eigenvalue weighted by atomic mass is 10.1. The van der Waals surface area contributed by atoms with E-state index in [0.29, 0.717) is 10.2 Å². The highest BCUT2D eigenvalue weighted by Gasteiger charge is 2.22. The third-order valence-corrected chi connectivity index (χ3v) is 4.59. The molecule has 2 rings (SSSR count). The van der Waals surface area contributed by atoms with Crippen molar-refractivity contribution in [2.24, 2.45) is 0 Å². The molecule has 0 aliphatic carbocycles. The fraction of sp³-hybridized carbons (Fsp3) is 0.300. The van der Waals surface area contributed by atoms with Crippen molar-refractivity contribution in [1.29, 1.82) is 0 Å². The highest BCUT2D eigenvalue weighted by Crippen LogP contribution is 2.26. The van der Waals surface area contributed by atoms with Crippen molar-refractivity contribution in [2.75, 3.05) is 18.9 Å². The fourth-order valence-corrected chi connectivity index (χ4v) is 3.00.